The van der Waals surface area contributed by atoms with Crippen LogP contribution >= 0.6 is 0 Å². The minimum Gasteiger partial charge on any atom is -0.462 e. The van der Waals surface area contributed by atoms with Gasteiger partial charge in [0, 0.05) is 17.5 Å². The highest BCUT2D eigenvalue weighted by atomic mass is 16.8. The number of hydrogen-bond donors (Lipinski definition) is 3. The molecule has 2 aliphatic rings. The van der Waals surface area contributed by atoms with Crippen LogP contribution in [0.25, 0.3) is 11.0 Å². The van der Waals surface area contributed by atoms with Gasteiger partial charge in [-0.15, -0.1) is 0 Å². The standard InChI is InChI=1S/C43H40O15/c1-23-20-32(45)53-30-21-28(18-19-29(23)30)52-42-36(34(47)33(46)31(22-44)54-42)58-43-38(57-41(50)27-16-10-5-11-17-27)37(56-40(49)26-14-8-4-9-15-26)35(24(2)51-43)55-39(48)25-12-6-3-7-13-25/h3-21,24,31,33-38,42-44,46-47H,22H2,1-2H3/t24?,31?,33-,34?,35-,36?,37?,38?,42+,43-/m0/s1. The monoisotopic (exact) mass is 796 g/mol. The summed E-state index contributed by atoms with van der Waals surface area (Å²) >= 11 is 0. The van der Waals surface area contributed by atoms with Crippen molar-refractivity contribution in [3.63, 3.8) is 0 Å². The Morgan fingerprint density at radius 1 is 0.638 bits per heavy atom. The van der Waals surface area contributed by atoms with Crippen LogP contribution in [0.5, 0.6) is 5.75 Å². The summed E-state index contributed by atoms with van der Waals surface area (Å²) in [6.45, 7) is 2.53. The van der Waals surface area contributed by atoms with Crippen molar-refractivity contribution in [2.75, 3.05) is 6.61 Å². The van der Waals surface area contributed by atoms with Gasteiger partial charge in [-0.2, -0.15) is 0 Å². The number of hydrogen-bond acceptors (Lipinski definition) is 15. The molecule has 15 heteroatoms. The normalized spacial score (nSPS) is 27.0. The zero-order valence-electron chi connectivity index (χ0n) is 31.2. The van der Waals surface area contributed by atoms with E-state index in [4.69, 9.17) is 37.6 Å². The van der Waals surface area contributed by atoms with Crippen molar-refractivity contribution >= 4 is 28.9 Å². The molecule has 302 valence electrons. The molecule has 0 bridgehead atoms. The third-order valence-electron chi connectivity index (χ3n) is 9.78. The number of rotatable bonds is 11. The van der Waals surface area contributed by atoms with Gasteiger partial charge in [0.15, 0.2) is 30.7 Å². The number of carbonyl (C=O) groups is 3. The van der Waals surface area contributed by atoms with E-state index in [1.54, 1.807) is 73.7 Å². The van der Waals surface area contributed by atoms with Crippen LogP contribution in [0, 0.1) is 6.92 Å². The van der Waals surface area contributed by atoms with Gasteiger partial charge >= 0.3 is 23.5 Å². The van der Waals surface area contributed by atoms with Gasteiger partial charge in [0.25, 0.3) is 0 Å². The molecule has 2 saturated heterocycles. The molecule has 3 N–H and O–H groups in total. The van der Waals surface area contributed by atoms with Gasteiger partial charge in [0.2, 0.25) is 6.29 Å². The maximum absolute atomic E-state index is 13.8. The van der Waals surface area contributed by atoms with Crippen LogP contribution in [0.3, 0.4) is 0 Å². The largest absolute Gasteiger partial charge is 0.462 e. The van der Waals surface area contributed by atoms with Crippen LogP contribution in [0.4, 0.5) is 0 Å². The molecule has 15 nitrogen and oxygen atoms in total. The third kappa shape index (κ3) is 8.79. The van der Waals surface area contributed by atoms with E-state index in [9.17, 15) is 34.5 Å². The number of ether oxygens (including phenoxy) is 7. The molecule has 0 aliphatic carbocycles. The lowest BCUT2D eigenvalue weighted by atomic mass is 9.96. The van der Waals surface area contributed by atoms with Gasteiger partial charge in [0.05, 0.1) is 29.4 Å². The van der Waals surface area contributed by atoms with E-state index in [1.165, 1.54) is 55.5 Å². The molecule has 4 aromatic carbocycles. The molecule has 0 spiro atoms. The lowest BCUT2D eigenvalue weighted by molar-refractivity contribution is -0.353. The summed E-state index contributed by atoms with van der Waals surface area (Å²) in [5.41, 5.74) is 0.661. The molecule has 58 heavy (non-hydrogen) atoms. The Morgan fingerprint density at radius 3 is 1.72 bits per heavy atom. The number of aliphatic hydroxyl groups is 3. The highest BCUT2D eigenvalue weighted by Gasteiger charge is 2.55. The number of aliphatic hydroxyl groups excluding tert-OH is 3. The van der Waals surface area contributed by atoms with E-state index in [1.807, 2.05) is 0 Å². The maximum atomic E-state index is 13.8. The fourth-order valence-electron chi connectivity index (χ4n) is 6.77. The van der Waals surface area contributed by atoms with E-state index in [2.05, 4.69) is 0 Å². The molecule has 10 atom stereocenters. The minimum atomic E-state index is -1.82. The van der Waals surface area contributed by atoms with Gasteiger partial charge in [-0.1, -0.05) is 54.6 Å². The van der Waals surface area contributed by atoms with Crippen LogP contribution in [-0.4, -0.2) is 101 Å². The summed E-state index contributed by atoms with van der Waals surface area (Å²) in [6.07, 6.45) is -15.7. The van der Waals surface area contributed by atoms with E-state index >= 15 is 0 Å². The second-order valence-corrected chi connectivity index (χ2v) is 13.7. The first kappa shape index (κ1) is 40.3. The van der Waals surface area contributed by atoms with Crippen molar-refractivity contribution in [2.45, 2.75) is 75.3 Å². The molecule has 1 aromatic heterocycles. The van der Waals surface area contributed by atoms with Crippen LogP contribution in [-0.2, 0) is 28.4 Å². The van der Waals surface area contributed by atoms with Gasteiger partial charge in [-0.25, -0.2) is 19.2 Å². The van der Waals surface area contributed by atoms with Gasteiger partial charge in [0.1, 0.15) is 29.6 Å². The summed E-state index contributed by atoms with van der Waals surface area (Å²) in [4.78, 5) is 53.1. The van der Waals surface area contributed by atoms with E-state index in [-0.39, 0.29) is 28.0 Å². The first-order valence-corrected chi connectivity index (χ1v) is 18.4. The average Bonchev–Trinajstić information content (AvgIpc) is 3.23. The Balaban J connectivity index is 1.26. The second-order valence-electron chi connectivity index (χ2n) is 13.7. The van der Waals surface area contributed by atoms with Crippen molar-refractivity contribution in [1.82, 2.24) is 0 Å². The third-order valence-corrected chi connectivity index (χ3v) is 9.78. The second kappa shape index (κ2) is 17.7. The Labute approximate surface area is 331 Å². The van der Waals surface area contributed by atoms with Crippen molar-refractivity contribution < 1.29 is 67.3 Å². The molecular formula is C43H40O15. The Hall–Kier alpha value is -5.94. The summed E-state index contributed by atoms with van der Waals surface area (Å²) in [7, 11) is 0. The quantitative estimate of drug-likeness (QED) is 0.0990. The first-order chi connectivity index (χ1) is 28.0. The zero-order valence-corrected chi connectivity index (χ0v) is 31.2. The highest BCUT2D eigenvalue weighted by Crippen LogP contribution is 2.35. The lowest BCUT2D eigenvalue weighted by Crippen LogP contribution is -2.66. The summed E-state index contributed by atoms with van der Waals surface area (Å²) in [5.74, 6) is -2.46. The Kier molecular flexibility index (Phi) is 12.3. The Bertz CT molecular complexity index is 2260. The molecule has 0 radical (unpaired) electrons. The molecule has 2 aliphatic heterocycles. The molecule has 2 fully saturated rings. The topological polar surface area (TPSA) is 207 Å². The average molecular weight is 797 g/mol. The first-order valence-electron chi connectivity index (χ1n) is 18.4. The number of benzene rings is 4. The SMILES string of the molecule is Cc1cc(=O)oc2cc(O[C@@H]3OC(CO)[C@H](O)C(O)C3O[C@@H]3OC(C)[C@H](OC(=O)c4ccccc4)C(OC(=O)c4ccccc4)C3OC(=O)c3ccccc3)ccc12. The molecule has 0 saturated carbocycles. The maximum Gasteiger partial charge on any atom is 0.338 e. The minimum absolute atomic E-state index is 0.0904. The zero-order chi connectivity index (χ0) is 40.9. The predicted octanol–water partition coefficient (Wildman–Crippen LogP) is 3.73. The van der Waals surface area contributed by atoms with Gasteiger partial charge in [-0.05, 0) is 67.9 Å². The van der Waals surface area contributed by atoms with Crippen LogP contribution < -0.4 is 10.4 Å². The van der Waals surface area contributed by atoms with Crippen molar-refractivity contribution in [2.24, 2.45) is 0 Å². The molecule has 7 rings (SSSR count). The molecular weight excluding hydrogens is 756 g/mol. The van der Waals surface area contributed by atoms with Gasteiger partial charge < -0.3 is 52.9 Å². The lowest BCUT2D eigenvalue weighted by Gasteiger charge is -2.47. The molecule has 3 heterocycles. The summed E-state index contributed by atoms with van der Waals surface area (Å²) in [5, 5.41) is 33.2. The molecule has 6 unspecified atom stereocenters. The van der Waals surface area contributed by atoms with E-state index < -0.39 is 91.6 Å². The summed E-state index contributed by atoms with van der Waals surface area (Å²) < 4.78 is 48.0. The highest BCUT2D eigenvalue weighted by molar-refractivity contribution is 5.91. The van der Waals surface area contributed by atoms with Crippen LogP contribution in [0.2, 0.25) is 0 Å². The number of aryl methyl sites for hydroxylation is 1. The van der Waals surface area contributed by atoms with E-state index in [0.717, 1.165) is 0 Å². The fourth-order valence-corrected chi connectivity index (χ4v) is 6.77. The number of fused-ring (bicyclic) bond motifs is 1. The van der Waals surface area contributed by atoms with Gasteiger partial charge in [-0.3, -0.25) is 0 Å². The molecule has 5 aromatic rings. The fraction of sp³-hybridized carbons (Fsp3) is 0.302. The van der Waals surface area contributed by atoms with Crippen molar-refractivity contribution in [3.05, 3.63) is 148 Å². The predicted molar refractivity (Wildman–Crippen MR) is 202 cm³/mol. The van der Waals surface area contributed by atoms with Crippen molar-refractivity contribution in [3.8, 4) is 5.75 Å². The van der Waals surface area contributed by atoms with E-state index in [0.29, 0.717) is 10.9 Å². The Morgan fingerprint density at radius 2 is 1.17 bits per heavy atom. The van der Waals surface area contributed by atoms with Crippen molar-refractivity contribution in [1.29, 1.82) is 0 Å². The molecule has 0 amide bonds. The smallest absolute Gasteiger partial charge is 0.338 e. The van der Waals surface area contributed by atoms with Crippen LogP contribution in [0.15, 0.2) is 124 Å². The van der Waals surface area contributed by atoms with Crippen LogP contribution in [0.1, 0.15) is 43.6 Å². The number of esters is 3. The number of carbonyl (C=O) groups excluding carboxylic acids is 3. The summed E-state index contributed by atoms with van der Waals surface area (Å²) in [6, 6.07) is 29.8.